The Morgan fingerprint density at radius 1 is 1.27 bits per heavy atom. The average Bonchev–Trinajstić information content (AvgIpc) is 2.98. The normalized spacial score (nSPS) is 10.7. The highest BCUT2D eigenvalue weighted by Crippen LogP contribution is 2.13. The van der Waals surface area contributed by atoms with Gasteiger partial charge in [-0.1, -0.05) is 16.8 Å². The molecule has 6 nitrogen and oxygen atoms in total. The summed E-state index contributed by atoms with van der Waals surface area (Å²) in [4.78, 5) is 7.84. The second kappa shape index (κ2) is 6.07. The van der Waals surface area contributed by atoms with E-state index in [2.05, 4.69) is 20.3 Å². The summed E-state index contributed by atoms with van der Waals surface area (Å²) in [5.41, 5.74) is 1.86. The van der Waals surface area contributed by atoms with Crippen molar-refractivity contribution >= 4 is 11.6 Å². The van der Waals surface area contributed by atoms with E-state index in [9.17, 15) is 4.39 Å². The second-order valence-electron chi connectivity index (χ2n) is 4.56. The van der Waals surface area contributed by atoms with E-state index in [1.807, 2.05) is 0 Å². The molecule has 3 rings (SSSR count). The van der Waals surface area contributed by atoms with Gasteiger partial charge in [0.15, 0.2) is 0 Å². The molecule has 3 aromatic rings. The lowest BCUT2D eigenvalue weighted by atomic mass is 10.2. The molecule has 22 heavy (non-hydrogen) atoms. The lowest BCUT2D eigenvalue weighted by Crippen LogP contribution is -1.99. The Bertz CT molecular complexity index is 790. The van der Waals surface area contributed by atoms with E-state index < -0.39 is 0 Å². The van der Waals surface area contributed by atoms with E-state index >= 15 is 0 Å². The second-order valence-corrected chi connectivity index (χ2v) is 5.00. The Morgan fingerprint density at radius 3 is 2.77 bits per heavy atom. The van der Waals surface area contributed by atoms with Crippen LogP contribution in [0.3, 0.4) is 0 Å². The van der Waals surface area contributed by atoms with Gasteiger partial charge in [-0.25, -0.2) is 19.0 Å². The van der Waals surface area contributed by atoms with Crippen LogP contribution in [-0.4, -0.2) is 25.0 Å². The summed E-state index contributed by atoms with van der Waals surface area (Å²) in [6, 6.07) is 4.92. The summed E-state index contributed by atoms with van der Waals surface area (Å²) >= 11 is 5.69. The van der Waals surface area contributed by atoms with Gasteiger partial charge in [0.1, 0.15) is 18.1 Å². The van der Waals surface area contributed by atoms with Crippen LogP contribution in [0.15, 0.2) is 36.8 Å². The van der Waals surface area contributed by atoms with Gasteiger partial charge in [0.2, 0.25) is 0 Å². The van der Waals surface area contributed by atoms with Crippen LogP contribution < -0.4 is 4.74 Å². The van der Waals surface area contributed by atoms with Gasteiger partial charge in [0.05, 0.1) is 29.3 Å². The largest absolute Gasteiger partial charge is 0.457 e. The molecule has 0 aliphatic rings. The molecule has 1 aromatic carbocycles. The number of halogens is 2. The minimum Gasteiger partial charge on any atom is -0.457 e. The first-order valence-corrected chi connectivity index (χ1v) is 6.78. The fourth-order valence-electron chi connectivity index (χ4n) is 1.78. The molecule has 0 unspecified atom stereocenters. The molecule has 0 fully saturated rings. The number of hydrogen-bond acceptors (Lipinski definition) is 5. The lowest BCUT2D eigenvalue weighted by molar-refractivity contribution is 0.276. The number of aromatic nitrogens is 5. The number of ether oxygens (including phenoxy) is 1. The van der Waals surface area contributed by atoms with Crippen molar-refractivity contribution in [2.24, 2.45) is 0 Å². The third kappa shape index (κ3) is 3.20. The highest BCUT2D eigenvalue weighted by atomic mass is 35.5. The van der Waals surface area contributed by atoms with Crippen molar-refractivity contribution in [1.29, 1.82) is 0 Å². The molecular formula is C14H11ClFN5O. The van der Waals surface area contributed by atoms with E-state index in [0.29, 0.717) is 16.3 Å². The monoisotopic (exact) mass is 319 g/mol. The highest BCUT2D eigenvalue weighted by Gasteiger charge is 2.06. The molecular weight excluding hydrogens is 309 g/mol. The van der Waals surface area contributed by atoms with Gasteiger partial charge in [-0.2, -0.15) is 0 Å². The van der Waals surface area contributed by atoms with Gasteiger partial charge in [-0.05, 0) is 30.7 Å². The molecule has 2 heterocycles. The van der Waals surface area contributed by atoms with Gasteiger partial charge in [-0.15, -0.1) is 5.10 Å². The summed E-state index contributed by atoms with van der Waals surface area (Å²) in [6.45, 7) is 1.86. The first-order chi connectivity index (χ1) is 10.6. The first-order valence-electron chi connectivity index (χ1n) is 6.40. The summed E-state index contributed by atoms with van der Waals surface area (Å²) < 4.78 is 20.2. The van der Waals surface area contributed by atoms with Crippen molar-refractivity contribution in [2.45, 2.75) is 13.5 Å². The quantitative estimate of drug-likeness (QED) is 0.739. The summed E-state index contributed by atoms with van der Waals surface area (Å²) in [5, 5.41) is 8.41. The Labute approximate surface area is 130 Å². The number of nitrogens with zero attached hydrogens (tertiary/aromatic N) is 5. The van der Waals surface area contributed by atoms with Crippen LogP contribution in [0.2, 0.25) is 5.02 Å². The molecule has 0 aliphatic heterocycles. The zero-order chi connectivity index (χ0) is 15.5. The summed E-state index contributed by atoms with van der Waals surface area (Å²) in [5.74, 6) is -0.257. The smallest absolute Gasteiger partial charge is 0.316 e. The van der Waals surface area contributed by atoms with Crippen molar-refractivity contribution in [3.63, 3.8) is 0 Å². The Morgan fingerprint density at radius 2 is 2.05 bits per heavy atom. The molecule has 8 heteroatoms. The van der Waals surface area contributed by atoms with Crippen LogP contribution >= 0.6 is 11.6 Å². The SMILES string of the molecule is Cc1cc(-n2cc(COc3ncc(Cl)cn3)nn2)ccc1F. The van der Waals surface area contributed by atoms with Crippen molar-refractivity contribution < 1.29 is 9.13 Å². The standard InChI is InChI=1S/C14H11ClFN5O/c1-9-4-12(2-3-13(9)16)21-7-11(19-20-21)8-22-14-17-5-10(15)6-18-14/h2-7H,8H2,1H3. The van der Waals surface area contributed by atoms with Crippen LogP contribution in [0, 0.1) is 12.7 Å². The van der Waals surface area contributed by atoms with Crippen LogP contribution in [0.25, 0.3) is 5.69 Å². The first kappa shape index (κ1) is 14.4. The molecule has 0 saturated carbocycles. The Hall–Kier alpha value is -2.54. The predicted molar refractivity (Wildman–Crippen MR) is 77.4 cm³/mol. The summed E-state index contributed by atoms with van der Waals surface area (Å²) in [7, 11) is 0. The Balaban J connectivity index is 1.70. The predicted octanol–water partition coefficient (Wildman–Crippen LogP) is 2.74. The molecule has 0 radical (unpaired) electrons. The molecule has 0 N–H and O–H groups in total. The Kier molecular flexibility index (Phi) is 3.97. The maximum Gasteiger partial charge on any atom is 0.316 e. The van der Waals surface area contributed by atoms with E-state index in [0.717, 1.165) is 5.69 Å². The molecule has 0 atom stereocenters. The van der Waals surface area contributed by atoms with Crippen molar-refractivity contribution in [3.8, 4) is 11.7 Å². The molecule has 112 valence electrons. The number of benzene rings is 1. The van der Waals surface area contributed by atoms with Gasteiger partial charge in [0, 0.05) is 0 Å². The third-order valence-corrected chi connectivity index (χ3v) is 3.09. The van der Waals surface area contributed by atoms with E-state index in [-0.39, 0.29) is 18.4 Å². The van der Waals surface area contributed by atoms with Crippen molar-refractivity contribution in [1.82, 2.24) is 25.0 Å². The molecule has 0 saturated heterocycles. The molecule has 0 bridgehead atoms. The zero-order valence-corrected chi connectivity index (χ0v) is 12.3. The molecule has 0 spiro atoms. The van der Waals surface area contributed by atoms with Gasteiger partial charge in [-0.3, -0.25) is 0 Å². The summed E-state index contributed by atoms with van der Waals surface area (Å²) in [6.07, 6.45) is 4.59. The van der Waals surface area contributed by atoms with Gasteiger partial charge < -0.3 is 4.74 Å². The fourth-order valence-corrected chi connectivity index (χ4v) is 1.87. The minimum absolute atomic E-state index is 0.168. The van der Waals surface area contributed by atoms with E-state index in [1.54, 1.807) is 29.9 Å². The topological polar surface area (TPSA) is 65.7 Å². The average molecular weight is 320 g/mol. The van der Waals surface area contributed by atoms with Gasteiger partial charge in [0.25, 0.3) is 0 Å². The number of hydrogen-bond donors (Lipinski definition) is 0. The van der Waals surface area contributed by atoms with E-state index in [1.165, 1.54) is 18.5 Å². The van der Waals surface area contributed by atoms with Crippen LogP contribution in [-0.2, 0) is 6.61 Å². The maximum absolute atomic E-state index is 13.3. The zero-order valence-electron chi connectivity index (χ0n) is 11.6. The van der Waals surface area contributed by atoms with E-state index in [4.69, 9.17) is 16.3 Å². The minimum atomic E-state index is -0.257. The van der Waals surface area contributed by atoms with Crippen molar-refractivity contribution in [3.05, 3.63) is 58.9 Å². The molecule has 2 aromatic heterocycles. The van der Waals surface area contributed by atoms with Crippen LogP contribution in [0.4, 0.5) is 4.39 Å². The van der Waals surface area contributed by atoms with Gasteiger partial charge >= 0.3 is 6.01 Å². The third-order valence-electron chi connectivity index (χ3n) is 2.89. The fraction of sp³-hybridized carbons (Fsp3) is 0.143. The molecule has 0 amide bonds. The number of rotatable bonds is 4. The molecule has 0 aliphatic carbocycles. The van der Waals surface area contributed by atoms with Crippen LogP contribution in [0.5, 0.6) is 6.01 Å². The highest BCUT2D eigenvalue weighted by molar-refractivity contribution is 6.30. The number of aryl methyl sites for hydroxylation is 1. The maximum atomic E-state index is 13.3. The van der Waals surface area contributed by atoms with Crippen molar-refractivity contribution in [2.75, 3.05) is 0 Å². The van der Waals surface area contributed by atoms with Crippen LogP contribution in [0.1, 0.15) is 11.3 Å². The lowest BCUT2D eigenvalue weighted by Gasteiger charge is -2.02.